The number of nitrogens with one attached hydrogen (secondary N) is 1. The molecule has 2 atom stereocenters. The van der Waals surface area contributed by atoms with Crippen LogP contribution in [0.5, 0.6) is 0 Å². The Bertz CT molecular complexity index is 496. The second kappa shape index (κ2) is 6.00. The zero-order chi connectivity index (χ0) is 14.7. The van der Waals surface area contributed by atoms with E-state index in [-0.39, 0.29) is 17.8 Å². The molecule has 1 saturated heterocycles. The molecule has 1 aromatic heterocycles. The first-order valence-electron chi connectivity index (χ1n) is 6.64. The first kappa shape index (κ1) is 14.4. The average molecular weight is 281 g/mol. The van der Waals surface area contributed by atoms with Gasteiger partial charge in [0.1, 0.15) is 6.20 Å². The molecule has 0 amide bonds. The molecule has 2 rings (SSSR count). The van der Waals surface area contributed by atoms with Crippen molar-refractivity contribution in [3.05, 3.63) is 16.3 Å². The van der Waals surface area contributed by atoms with Crippen LogP contribution >= 0.6 is 0 Å². The molecule has 1 N–H and O–H groups in total. The summed E-state index contributed by atoms with van der Waals surface area (Å²) in [4.78, 5) is 20.9. The van der Waals surface area contributed by atoms with Crippen molar-refractivity contribution in [1.82, 2.24) is 9.97 Å². The molecule has 110 valence electrons. The molecule has 0 aliphatic carbocycles. The van der Waals surface area contributed by atoms with Gasteiger partial charge < -0.3 is 15.0 Å². The van der Waals surface area contributed by atoms with E-state index in [2.05, 4.69) is 15.3 Å². The van der Waals surface area contributed by atoms with Gasteiger partial charge in [0, 0.05) is 13.6 Å². The number of hydrogen-bond donors (Lipinski definition) is 1. The van der Waals surface area contributed by atoms with Crippen LogP contribution in [0, 0.1) is 10.1 Å². The van der Waals surface area contributed by atoms with Gasteiger partial charge in [0.15, 0.2) is 0 Å². The summed E-state index contributed by atoms with van der Waals surface area (Å²) in [5.74, 6) is 0.732. The third kappa shape index (κ3) is 2.79. The van der Waals surface area contributed by atoms with E-state index in [0.717, 1.165) is 6.42 Å². The van der Waals surface area contributed by atoms with E-state index >= 15 is 0 Å². The number of ether oxygens (including phenoxy) is 1. The number of nitro groups is 1. The summed E-state index contributed by atoms with van der Waals surface area (Å²) in [6.07, 6.45) is 2.11. The molecular weight excluding hydrogens is 262 g/mol. The fourth-order valence-electron chi connectivity index (χ4n) is 2.27. The van der Waals surface area contributed by atoms with E-state index in [4.69, 9.17) is 4.74 Å². The molecule has 20 heavy (non-hydrogen) atoms. The summed E-state index contributed by atoms with van der Waals surface area (Å²) in [7, 11) is 1.68. The van der Waals surface area contributed by atoms with Gasteiger partial charge in [-0.15, -0.1) is 0 Å². The maximum Gasteiger partial charge on any atom is 0.329 e. The van der Waals surface area contributed by atoms with Crippen molar-refractivity contribution in [2.45, 2.75) is 32.4 Å². The molecule has 2 heterocycles. The van der Waals surface area contributed by atoms with Gasteiger partial charge in [0.25, 0.3) is 0 Å². The normalized spacial score (nSPS) is 22.6. The van der Waals surface area contributed by atoms with Crippen molar-refractivity contribution in [3.8, 4) is 0 Å². The summed E-state index contributed by atoms with van der Waals surface area (Å²) in [5, 5.41) is 14.0. The zero-order valence-corrected chi connectivity index (χ0v) is 11.9. The van der Waals surface area contributed by atoms with E-state index in [1.165, 1.54) is 6.20 Å². The van der Waals surface area contributed by atoms with Crippen molar-refractivity contribution in [2.75, 3.05) is 30.4 Å². The van der Waals surface area contributed by atoms with Crippen LogP contribution in [0.4, 0.5) is 17.5 Å². The lowest BCUT2D eigenvalue weighted by Crippen LogP contribution is -2.49. The zero-order valence-electron chi connectivity index (χ0n) is 11.9. The van der Waals surface area contributed by atoms with E-state index in [1.54, 1.807) is 7.05 Å². The van der Waals surface area contributed by atoms with Crippen molar-refractivity contribution < 1.29 is 9.66 Å². The van der Waals surface area contributed by atoms with E-state index in [1.807, 2.05) is 18.7 Å². The molecule has 0 saturated carbocycles. The van der Waals surface area contributed by atoms with Gasteiger partial charge in [0.2, 0.25) is 11.8 Å². The Morgan fingerprint density at radius 2 is 2.40 bits per heavy atom. The van der Waals surface area contributed by atoms with Crippen LogP contribution in [-0.2, 0) is 4.74 Å². The Hall–Kier alpha value is -1.96. The van der Waals surface area contributed by atoms with E-state index < -0.39 is 4.92 Å². The molecule has 1 aromatic rings. The SMILES string of the molecule is CCC1COC(C)CN1c1nc(NC)ncc1[N+](=O)[O-]. The summed E-state index contributed by atoms with van der Waals surface area (Å²) >= 11 is 0. The lowest BCUT2D eigenvalue weighted by molar-refractivity contribution is -0.384. The first-order chi connectivity index (χ1) is 9.56. The number of morpholine rings is 1. The predicted molar refractivity (Wildman–Crippen MR) is 75.1 cm³/mol. The Balaban J connectivity index is 2.44. The van der Waals surface area contributed by atoms with E-state index in [9.17, 15) is 10.1 Å². The van der Waals surface area contributed by atoms with E-state index in [0.29, 0.717) is 24.9 Å². The number of hydrogen-bond acceptors (Lipinski definition) is 7. The molecule has 8 nitrogen and oxygen atoms in total. The Morgan fingerprint density at radius 3 is 3.00 bits per heavy atom. The summed E-state index contributed by atoms with van der Waals surface area (Å²) in [5.41, 5.74) is -0.0726. The molecule has 8 heteroatoms. The molecule has 1 fully saturated rings. The van der Waals surface area contributed by atoms with Gasteiger partial charge in [-0.2, -0.15) is 4.98 Å². The van der Waals surface area contributed by atoms with Gasteiger partial charge in [-0.3, -0.25) is 10.1 Å². The van der Waals surface area contributed by atoms with Crippen molar-refractivity contribution in [3.63, 3.8) is 0 Å². The second-order valence-electron chi connectivity index (χ2n) is 4.77. The van der Waals surface area contributed by atoms with Gasteiger partial charge in [-0.05, 0) is 13.3 Å². The first-order valence-corrected chi connectivity index (χ1v) is 6.64. The van der Waals surface area contributed by atoms with Gasteiger partial charge in [-0.25, -0.2) is 4.98 Å². The van der Waals surface area contributed by atoms with Crippen LogP contribution in [0.25, 0.3) is 0 Å². The predicted octanol–water partition coefficient (Wildman–Crippen LogP) is 1.43. The minimum absolute atomic E-state index is 0.0189. The monoisotopic (exact) mass is 281 g/mol. The maximum atomic E-state index is 11.2. The fourth-order valence-corrected chi connectivity index (χ4v) is 2.27. The van der Waals surface area contributed by atoms with Gasteiger partial charge >= 0.3 is 5.69 Å². The summed E-state index contributed by atoms with van der Waals surface area (Å²) in [6, 6.07) is 0.0875. The highest BCUT2D eigenvalue weighted by Gasteiger charge is 2.32. The van der Waals surface area contributed by atoms with Crippen LogP contribution in [0.2, 0.25) is 0 Å². The molecule has 0 radical (unpaired) electrons. The standard InChI is InChI=1S/C12H19N5O3/c1-4-9-7-20-8(2)6-16(9)11-10(17(18)19)5-14-12(13-3)15-11/h5,8-9H,4,6-7H2,1-3H3,(H,13,14,15). The molecule has 0 bridgehead atoms. The minimum Gasteiger partial charge on any atom is -0.375 e. The third-order valence-electron chi connectivity index (χ3n) is 3.38. The van der Waals surface area contributed by atoms with Gasteiger partial charge in [0.05, 0.1) is 23.7 Å². The largest absolute Gasteiger partial charge is 0.375 e. The highest BCUT2D eigenvalue weighted by Crippen LogP contribution is 2.30. The number of anilines is 2. The van der Waals surface area contributed by atoms with Crippen molar-refractivity contribution in [1.29, 1.82) is 0 Å². The lowest BCUT2D eigenvalue weighted by atomic mass is 10.1. The molecule has 2 unspecified atom stereocenters. The second-order valence-corrected chi connectivity index (χ2v) is 4.77. The number of aromatic nitrogens is 2. The van der Waals surface area contributed by atoms with Gasteiger partial charge in [-0.1, -0.05) is 6.92 Å². The van der Waals surface area contributed by atoms with Crippen molar-refractivity contribution >= 4 is 17.5 Å². The Labute approximate surface area is 117 Å². The topological polar surface area (TPSA) is 93.4 Å². The highest BCUT2D eigenvalue weighted by molar-refractivity contribution is 5.59. The smallest absolute Gasteiger partial charge is 0.329 e. The third-order valence-corrected chi connectivity index (χ3v) is 3.38. The minimum atomic E-state index is -0.443. The molecule has 0 spiro atoms. The summed E-state index contributed by atoms with van der Waals surface area (Å²) < 4.78 is 5.62. The Kier molecular flexibility index (Phi) is 4.33. The van der Waals surface area contributed by atoms with Crippen LogP contribution in [-0.4, -0.2) is 47.2 Å². The average Bonchev–Trinajstić information content (AvgIpc) is 2.46. The fraction of sp³-hybridized carbons (Fsp3) is 0.667. The van der Waals surface area contributed by atoms with Crippen LogP contribution in [0.1, 0.15) is 20.3 Å². The maximum absolute atomic E-state index is 11.2. The van der Waals surface area contributed by atoms with Crippen molar-refractivity contribution in [2.24, 2.45) is 0 Å². The van der Waals surface area contributed by atoms with Crippen LogP contribution in [0.15, 0.2) is 6.20 Å². The summed E-state index contributed by atoms with van der Waals surface area (Å²) in [6.45, 7) is 5.11. The molecule has 1 aliphatic rings. The molecule has 1 aliphatic heterocycles. The van der Waals surface area contributed by atoms with Crippen LogP contribution in [0.3, 0.4) is 0 Å². The highest BCUT2D eigenvalue weighted by atomic mass is 16.6. The van der Waals surface area contributed by atoms with Crippen LogP contribution < -0.4 is 10.2 Å². The molecular formula is C12H19N5O3. The quantitative estimate of drug-likeness (QED) is 0.659. The lowest BCUT2D eigenvalue weighted by Gasteiger charge is -2.38. The number of rotatable bonds is 4. The molecule has 0 aromatic carbocycles. The Morgan fingerprint density at radius 1 is 1.65 bits per heavy atom. The number of nitrogens with zero attached hydrogens (tertiary/aromatic N) is 4.